The van der Waals surface area contributed by atoms with Crippen LogP contribution in [-0.2, 0) is 11.3 Å². The molecule has 0 radical (unpaired) electrons. The SMILES string of the molecule is CC(CNc1nccc(C2C=CCC(C)C2N)n1)NC(=O)OCc1ccccc1. The summed E-state index contributed by atoms with van der Waals surface area (Å²) in [6, 6.07) is 11.4. The zero-order chi connectivity index (χ0) is 20.6. The largest absolute Gasteiger partial charge is 0.445 e. The molecule has 1 heterocycles. The number of nitrogens with one attached hydrogen (secondary N) is 2. The summed E-state index contributed by atoms with van der Waals surface area (Å²) < 4.78 is 5.24. The molecule has 1 aliphatic carbocycles. The number of amides is 1. The summed E-state index contributed by atoms with van der Waals surface area (Å²) in [6.07, 6.45) is 6.57. The maximum absolute atomic E-state index is 12.0. The van der Waals surface area contributed by atoms with Gasteiger partial charge in [0, 0.05) is 30.7 Å². The van der Waals surface area contributed by atoms with Crippen molar-refractivity contribution in [1.82, 2.24) is 15.3 Å². The molecule has 1 aliphatic rings. The number of aromatic nitrogens is 2. The standard InChI is InChI=1S/C22H29N5O2/c1-15-7-6-10-18(20(15)23)19-11-12-24-21(27-19)25-13-16(2)26-22(28)29-14-17-8-4-3-5-9-17/h3-6,8-12,15-16,18,20H,7,13-14,23H2,1-2H3,(H,26,28)(H,24,25,27). The minimum Gasteiger partial charge on any atom is -0.445 e. The Morgan fingerprint density at radius 2 is 2.10 bits per heavy atom. The third-order valence-corrected chi connectivity index (χ3v) is 5.09. The number of allylic oxidation sites excluding steroid dienone is 1. The second kappa shape index (κ2) is 10.0. The lowest BCUT2D eigenvalue weighted by Crippen LogP contribution is -2.38. The van der Waals surface area contributed by atoms with E-state index in [0.29, 0.717) is 18.4 Å². The van der Waals surface area contributed by atoms with E-state index < -0.39 is 6.09 Å². The zero-order valence-electron chi connectivity index (χ0n) is 16.9. The van der Waals surface area contributed by atoms with Crippen molar-refractivity contribution in [2.45, 2.75) is 44.9 Å². The topological polar surface area (TPSA) is 102 Å². The van der Waals surface area contributed by atoms with Gasteiger partial charge in [-0.15, -0.1) is 0 Å². The molecular weight excluding hydrogens is 366 g/mol. The van der Waals surface area contributed by atoms with Gasteiger partial charge in [-0.2, -0.15) is 0 Å². The van der Waals surface area contributed by atoms with Gasteiger partial charge < -0.3 is 21.1 Å². The number of hydrogen-bond donors (Lipinski definition) is 3. The highest BCUT2D eigenvalue weighted by Gasteiger charge is 2.26. The molecule has 0 spiro atoms. The normalized spacial score (nSPS) is 22.0. The first-order valence-electron chi connectivity index (χ1n) is 9.99. The highest BCUT2D eigenvalue weighted by atomic mass is 16.5. The Labute approximate surface area is 171 Å². The first kappa shape index (κ1) is 20.8. The number of carbonyl (C=O) groups excluding carboxylic acids is 1. The van der Waals surface area contributed by atoms with Crippen molar-refractivity contribution in [2.24, 2.45) is 11.7 Å². The van der Waals surface area contributed by atoms with Crippen LogP contribution >= 0.6 is 0 Å². The van der Waals surface area contributed by atoms with Gasteiger partial charge in [-0.3, -0.25) is 0 Å². The molecule has 0 saturated carbocycles. The molecular formula is C22H29N5O2. The van der Waals surface area contributed by atoms with Crippen LogP contribution in [0.3, 0.4) is 0 Å². The van der Waals surface area contributed by atoms with E-state index >= 15 is 0 Å². The second-order valence-corrected chi connectivity index (χ2v) is 7.54. The van der Waals surface area contributed by atoms with Crippen molar-refractivity contribution in [3.63, 3.8) is 0 Å². The number of alkyl carbamates (subject to hydrolysis) is 1. The van der Waals surface area contributed by atoms with Crippen LogP contribution in [0.25, 0.3) is 0 Å². The minimum atomic E-state index is -0.454. The summed E-state index contributed by atoms with van der Waals surface area (Å²) in [6.45, 7) is 4.77. The summed E-state index contributed by atoms with van der Waals surface area (Å²) in [5, 5.41) is 5.97. The molecule has 1 aromatic carbocycles. The number of benzene rings is 1. The van der Waals surface area contributed by atoms with Gasteiger partial charge in [-0.1, -0.05) is 49.4 Å². The fourth-order valence-corrected chi connectivity index (χ4v) is 3.28. The quantitative estimate of drug-likeness (QED) is 0.622. The lowest BCUT2D eigenvalue weighted by atomic mass is 9.81. The molecule has 3 rings (SSSR count). The zero-order valence-corrected chi connectivity index (χ0v) is 16.9. The van der Waals surface area contributed by atoms with E-state index in [9.17, 15) is 4.79 Å². The van der Waals surface area contributed by atoms with Gasteiger partial charge >= 0.3 is 6.09 Å². The first-order chi connectivity index (χ1) is 14.0. The molecule has 29 heavy (non-hydrogen) atoms. The molecule has 7 nitrogen and oxygen atoms in total. The summed E-state index contributed by atoms with van der Waals surface area (Å²) >= 11 is 0. The van der Waals surface area contributed by atoms with Crippen LogP contribution in [0.4, 0.5) is 10.7 Å². The van der Waals surface area contributed by atoms with E-state index in [-0.39, 0.29) is 24.6 Å². The molecule has 0 fully saturated rings. The van der Waals surface area contributed by atoms with Crippen molar-refractivity contribution in [1.29, 1.82) is 0 Å². The van der Waals surface area contributed by atoms with Crippen LogP contribution < -0.4 is 16.4 Å². The van der Waals surface area contributed by atoms with E-state index in [2.05, 4.69) is 39.7 Å². The maximum atomic E-state index is 12.0. The highest BCUT2D eigenvalue weighted by Crippen LogP contribution is 2.29. The van der Waals surface area contributed by atoms with Gasteiger partial charge in [0.2, 0.25) is 5.95 Å². The van der Waals surface area contributed by atoms with E-state index in [1.165, 1.54) is 0 Å². The van der Waals surface area contributed by atoms with Crippen molar-refractivity contribution in [3.8, 4) is 0 Å². The van der Waals surface area contributed by atoms with Crippen molar-refractivity contribution in [2.75, 3.05) is 11.9 Å². The van der Waals surface area contributed by atoms with Crippen LogP contribution in [0.5, 0.6) is 0 Å². The molecule has 1 aromatic heterocycles. The number of rotatable bonds is 7. The van der Waals surface area contributed by atoms with Crippen LogP contribution in [0.1, 0.15) is 37.4 Å². The second-order valence-electron chi connectivity index (χ2n) is 7.54. The Bertz CT molecular complexity index is 827. The average molecular weight is 396 g/mol. The molecule has 7 heteroatoms. The molecule has 4 unspecified atom stereocenters. The fraction of sp³-hybridized carbons (Fsp3) is 0.409. The lowest BCUT2D eigenvalue weighted by molar-refractivity contribution is 0.137. The molecule has 4 atom stereocenters. The van der Waals surface area contributed by atoms with Crippen LogP contribution in [-0.4, -0.2) is 34.7 Å². The number of carbonyl (C=O) groups is 1. The Morgan fingerprint density at radius 1 is 1.31 bits per heavy atom. The van der Waals surface area contributed by atoms with Crippen LogP contribution in [0.2, 0.25) is 0 Å². The molecule has 0 saturated heterocycles. The van der Waals surface area contributed by atoms with Gasteiger partial charge in [0.15, 0.2) is 0 Å². The Hall–Kier alpha value is -2.93. The third kappa shape index (κ3) is 6.02. The Balaban J connectivity index is 1.47. The fourth-order valence-electron chi connectivity index (χ4n) is 3.28. The van der Waals surface area contributed by atoms with E-state index in [1.807, 2.05) is 43.3 Å². The monoisotopic (exact) mass is 395 g/mol. The molecule has 0 aliphatic heterocycles. The Kier molecular flexibility index (Phi) is 7.19. The molecule has 1 amide bonds. The smallest absolute Gasteiger partial charge is 0.407 e. The van der Waals surface area contributed by atoms with Crippen LogP contribution in [0, 0.1) is 5.92 Å². The highest BCUT2D eigenvalue weighted by molar-refractivity contribution is 5.67. The predicted molar refractivity (Wildman–Crippen MR) is 113 cm³/mol. The lowest BCUT2D eigenvalue weighted by Gasteiger charge is -2.29. The number of ether oxygens (including phenoxy) is 1. The number of hydrogen-bond acceptors (Lipinski definition) is 6. The molecule has 154 valence electrons. The van der Waals surface area contributed by atoms with E-state index in [1.54, 1.807) is 6.20 Å². The minimum absolute atomic E-state index is 0.0442. The molecule has 2 aromatic rings. The van der Waals surface area contributed by atoms with Crippen molar-refractivity contribution < 1.29 is 9.53 Å². The molecule has 0 bridgehead atoms. The third-order valence-electron chi connectivity index (χ3n) is 5.09. The number of nitrogens with two attached hydrogens (primary N) is 1. The van der Waals surface area contributed by atoms with Gasteiger partial charge in [0.25, 0.3) is 0 Å². The summed E-state index contributed by atoms with van der Waals surface area (Å²) in [5.41, 5.74) is 8.21. The van der Waals surface area contributed by atoms with Gasteiger partial charge in [-0.05, 0) is 30.9 Å². The summed E-state index contributed by atoms with van der Waals surface area (Å²) in [5.74, 6) is 1.03. The summed E-state index contributed by atoms with van der Waals surface area (Å²) in [4.78, 5) is 20.8. The Morgan fingerprint density at radius 3 is 2.90 bits per heavy atom. The van der Waals surface area contributed by atoms with E-state index in [4.69, 9.17) is 10.5 Å². The van der Waals surface area contributed by atoms with Crippen LogP contribution in [0.15, 0.2) is 54.7 Å². The average Bonchev–Trinajstić information content (AvgIpc) is 2.74. The molecule has 4 N–H and O–H groups in total. The number of nitrogens with zero attached hydrogens (tertiary/aromatic N) is 2. The number of anilines is 1. The van der Waals surface area contributed by atoms with Gasteiger partial charge in [-0.25, -0.2) is 14.8 Å². The van der Waals surface area contributed by atoms with Gasteiger partial charge in [0.1, 0.15) is 6.61 Å². The predicted octanol–water partition coefficient (Wildman–Crippen LogP) is 3.21. The van der Waals surface area contributed by atoms with Gasteiger partial charge in [0.05, 0.1) is 5.69 Å². The maximum Gasteiger partial charge on any atom is 0.407 e. The van der Waals surface area contributed by atoms with Crippen molar-refractivity contribution in [3.05, 3.63) is 66.0 Å². The van der Waals surface area contributed by atoms with Crippen molar-refractivity contribution >= 4 is 12.0 Å². The summed E-state index contributed by atoms with van der Waals surface area (Å²) in [7, 11) is 0. The van der Waals surface area contributed by atoms with E-state index in [0.717, 1.165) is 17.7 Å². The first-order valence-corrected chi connectivity index (χ1v) is 9.99.